The van der Waals surface area contributed by atoms with E-state index >= 15 is 0 Å². The van der Waals surface area contributed by atoms with Gasteiger partial charge in [-0.25, -0.2) is 9.97 Å². The molecule has 15 heavy (non-hydrogen) atoms. The van der Waals surface area contributed by atoms with Gasteiger partial charge in [0.1, 0.15) is 6.61 Å². The van der Waals surface area contributed by atoms with Gasteiger partial charge < -0.3 is 0 Å². The van der Waals surface area contributed by atoms with Crippen LogP contribution in [0.15, 0.2) is 12.3 Å². The van der Waals surface area contributed by atoms with Gasteiger partial charge in [0.2, 0.25) is 0 Å². The molecule has 0 radical (unpaired) electrons. The van der Waals surface area contributed by atoms with Gasteiger partial charge in [-0.3, -0.25) is 4.29 Å². The SMILES string of the molecule is CC1(C)C=Cc2nc(COCl)ncc2C1. The Labute approximate surface area is 94.3 Å². The molecule has 0 bridgehead atoms. The molecule has 0 aliphatic heterocycles. The fourth-order valence-electron chi connectivity index (χ4n) is 1.71. The lowest BCUT2D eigenvalue weighted by atomic mass is 9.81. The van der Waals surface area contributed by atoms with Gasteiger partial charge in [-0.2, -0.15) is 0 Å². The molecular weight excluding hydrogens is 212 g/mol. The van der Waals surface area contributed by atoms with Crippen LogP contribution in [0.5, 0.6) is 0 Å². The quantitative estimate of drug-likeness (QED) is 0.775. The summed E-state index contributed by atoms with van der Waals surface area (Å²) in [6, 6.07) is 0. The molecule has 0 saturated heterocycles. The Morgan fingerprint density at radius 2 is 2.33 bits per heavy atom. The van der Waals surface area contributed by atoms with Crippen LogP contribution in [0.25, 0.3) is 6.08 Å². The summed E-state index contributed by atoms with van der Waals surface area (Å²) >= 11 is 5.17. The molecule has 0 atom stereocenters. The fourth-order valence-corrected chi connectivity index (χ4v) is 1.81. The van der Waals surface area contributed by atoms with Gasteiger partial charge in [0.05, 0.1) is 17.6 Å². The molecular formula is C11H13ClN2O. The molecule has 0 fully saturated rings. The average Bonchev–Trinajstić information content (AvgIpc) is 2.18. The third-order valence-corrected chi connectivity index (χ3v) is 2.58. The third kappa shape index (κ3) is 2.36. The smallest absolute Gasteiger partial charge is 0.156 e. The van der Waals surface area contributed by atoms with Gasteiger partial charge in [-0.1, -0.05) is 19.9 Å². The first-order chi connectivity index (χ1) is 7.11. The molecule has 1 aromatic rings. The molecule has 1 heterocycles. The second-order valence-corrected chi connectivity index (χ2v) is 4.67. The number of hydrogen-bond donors (Lipinski definition) is 0. The van der Waals surface area contributed by atoms with Crippen LogP contribution in [0.1, 0.15) is 30.9 Å². The number of fused-ring (bicyclic) bond motifs is 1. The highest BCUT2D eigenvalue weighted by Crippen LogP contribution is 2.30. The van der Waals surface area contributed by atoms with Crippen LogP contribution in [0.3, 0.4) is 0 Å². The van der Waals surface area contributed by atoms with Gasteiger partial charge in [0, 0.05) is 6.20 Å². The zero-order valence-corrected chi connectivity index (χ0v) is 9.58. The summed E-state index contributed by atoms with van der Waals surface area (Å²) < 4.78 is 4.48. The lowest BCUT2D eigenvalue weighted by molar-refractivity contribution is 0.328. The van der Waals surface area contributed by atoms with Crippen molar-refractivity contribution in [2.45, 2.75) is 26.9 Å². The highest BCUT2D eigenvalue weighted by molar-refractivity contribution is 6.07. The van der Waals surface area contributed by atoms with E-state index in [1.165, 1.54) is 5.56 Å². The number of aromatic nitrogens is 2. The Hall–Kier alpha value is -0.930. The summed E-state index contributed by atoms with van der Waals surface area (Å²) in [5.41, 5.74) is 2.36. The van der Waals surface area contributed by atoms with E-state index < -0.39 is 0 Å². The van der Waals surface area contributed by atoms with Crippen molar-refractivity contribution < 1.29 is 4.29 Å². The molecule has 1 aliphatic rings. The predicted octanol–water partition coefficient (Wildman–Crippen LogP) is 2.74. The van der Waals surface area contributed by atoms with E-state index in [4.69, 9.17) is 11.9 Å². The van der Waals surface area contributed by atoms with Crippen molar-refractivity contribution in [3.8, 4) is 0 Å². The highest BCUT2D eigenvalue weighted by atomic mass is 35.5. The van der Waals surface area contributed by atoms with Gasteiger partial charge >= 0.3 is 0 Å². The Balaban J connectivity index is 2.32. The monoisotopic (exact) mass is 224 g/mol. The van der Waals surface area contributed by atoms with E-state index in [-0.39, 0.29) is 12.0 Å². The maximum absolute atomic E-state index is 5.17. The molecule has 0 spiro atoms. The summed E-state index contributed by atoms with van der Waals surface area (Å²) in [6.45, 7) is 4.64. The van der Waals surface area contributed by atoms with Crippen LogP contribution in [-0.2, 0) is 17.3 Å². The summed E-state index contributed by atoms with van der Waals surface area (Å²) in [7, 11) is 0. The lowest BCUT2D eigenvalue weighted by Gasteiger charge is -2.24. The first-order valence-electron chi connectivity index (χ1n) is 4.88. The molecule has 1 aliphatic carbocycles. The van der Waals surface area contributed by atoms with Crippen LogP contribution >= 0.6 is 11.9 Å². The second kappa shape index (κ2) is 3.91. The zero-order chi connectivity index (χ0) is 10.9. The molecule has 80 valence electrons. The van der Waals surface area contributed by atoms with E-state index in [0.29, 0.717) is 5.82 Å². The molecule has 0 amide bonds. The Morgan fingerprint density at radius 1 is 1.53 bits per heavy atom. The van der Waals surface area contributed by atoms with E-state index in [0.717, 1.165) is 12.1 Å². The van der Waals surface area contributed by atoms with Crippen LogP contribution in [0.4, 0.5) is 0 Å². The summed E-state index contributed by atoms with van der Waals surface area (Å²) in [5, 5.41) is 0. The number of rotatable bonds is 2. The van der Waals surface area contributed by atoms with Crippen LogP contribution in [0, 0.1) is 5.41 Å². The van der Waals surface area contributed by atoms with Crippen LogP contribution in [-0.4, -0.2) is 9.97 Å². The Morgan fingerprint density at radius 3 is 3.07 bits per heavy atom. The molecule has 0 N–H and O–H groups in total. The number of halogens is 1. The number of allylic oxidation sites excluding steroid dienone is 1. The van der Waals surface area contributed by atoms with Crippen molar-refractivity contribution in [1.29, 1.82) is 0 Å². The van der Waals surface area contributed by atoms with Crippen molar-refractivity contribution in [3.05, 3.63) is 29.4 Å². The van der Waals surface area contributed by atoms with Gasteiger partial charge in [-0.15, -0.1) is 0 Å². The standard InChI is InChI=1S/C11H13ClN2O/c1-11(2)4-3-9-8(5-11)6-13-10(14-9)7-15-12/h3-4,6H,5,7H2,1-2H3. The van der Waals surface area contributed by atoms with E-state index in [1.807, 2.05) is 12.3 Å². The minimum atomic E-state index is 0.195. The first-order valence-corrected chi connectivity index (χ1v) is 5.19. The normalized spacial score (nSPS) is 17.5. The maximum Gasteiger partial charge on any atom is 0.156 e. The van der Waals surface area contributed by atoms with Crippen molar-refractivity contribution >= 4 is 17.9 Å². The lowest BCUT2D eigenvalue weighted by Crippen LogP contribution is -2.17. The first kappa shape index (κ1) is 10.6. The predicted molar refractivity (Wildman–Crippen MR) is 59.2 cm³/mol. The largest absolute Gasteiger partial charge is 0.271 e. The average molecular weight is 225 g/mol. The van der Waals surface area contributed by atoms with Gasteiger partial charge in [0.15, 0.2) is 5.82 Å². The highest BCUT2D eigenvalue weighted by Gasteiger charge is 2.21. The van der Waals surface area contributed by atoms with E-state index in [1.54, 1.807) is 0 Å². The summed E-state index contributed by atoms with van der Waals surface area (Å²) in [4.78, 5) is 8.55. The zero-order valence-electron chi connectivity index (χ0n) is 8.83. The molecule has 0 aromatic carbocycles. The van der Waals surface area contributed by atoms with Crippen LogP contribution in [0.2, 0.25) is 0 Å². The van der Waals surface area contributed by atoms with Crippen molar-refractivity contribution in [2.75, 3.05) is 0 Å². The second-order valence-electron chi connectivity index (χ2n) is 4.45. The Kier molecular flexibility index (Phi) is 2.76. The maximum atomic E-state index is 5.17. The van der Waals surface area contributed by atoms with Crippen molar-refractivity contribution in [3.63, 3.8) is 0 Å². The minimum Gasteiger partial charge on any atom is -0.271 e. The molecule has 1 aromatic heterocycles. The van der Waals surface area contributed by atoms with E-state index in [2.05, 4.69) is 34.2 Å². The molecule has 4 heteroatoms. The fraction of sp³-hybridized carbons (Fsp3) is 0.455. The van der Waals surface area contributed by atoms with Crippen molar-refractivity contribution in [2.24, 2.45) is 5.41 Å². The summed E-state index contributed by atoms with van der Waals surface area (Å²) in [5.74, 6) is 0.619. The number of hydrogen-bond acceptors (Lipinski definition) is 3. The van der Waals surface area contributed by atoms with Gasteiger partial charge in [-0.05, 0) is 23.5 Å². The molecule has 0 saturated carbocycles. The summed E-state index contributed by atoms with van der Waals surface area (Å²) in [6.07, 6.45) is 7.05. The molecule has 2 rings (SSSR count). The molecule has 0 unspecified atom stereocenters. The third-order valence-electron chi connectivity index (χ3n) is 2.47. The van der Waals surface area contributed by atoms with Gasteiger partial charge in [0.25, 0.3) is 0 Å². The van der Waals surface area contributed by atoms with Crippen LogP contribution < -0.4 is 0 Å². The molecule has 3 nitrogen and oxygen atoms in total. The minimum absolute atomic E-state index is 0.195. The van der Waals surface area contributed by atoms with Crippen molar-refractivity contribution in [1.82, 2.24) is 9.97 Å². The number of nitrogens with zero attached hydrogens (tertiary/aromatic N) is 2. The van der Waals surface area contributed by atoms with E-state index in [9.17, 15) is 0 Å². The topological polar surface area (TPSA) is 35.0 Å². The Bertz CT molecular complexity index is 402.